The van der Waals surface area contributed by atoms with E-state index in [2.05, 4.69) is 21.0 Å². The first-order valence-electron chi connectivity index (χ1n) is 7.19. The van der Waals surface area contributed by atoms with Crippen molar-refractivity contribution >= 4 is 8.80 Å². The fourth-order valence-corrected chi connectivity index (χ4v) is 4.48. The Balaban J connectivity index is 0. The van der Waals surface area contributed by atoms with Gasteiger partial charge in [-0.05, 0) is 27.7 Å². The SMILES string of the molecule is CCO[Si](CCC[N+](C)(C)CC)(OCC)OCC.[Cl-]. The molecule has 0 saturated carbocycles. The van der Waals surface area contributed by atoms with Gasteiger partial charge in [-0.15, -0.1) is 0 Å². The van der Waals surface area contributed by atoms with E-state index in [1.165, 1.54) is 0 Å². The maximum absolute atomic E-state index is 5.85. The molecule has 118 valence electrons. The molecule has 0 aliphatic carbocycles. The van der Waals surface area contributed by atoms with Gasteiger partial charge in [-0.2, -0.15) is 0 Å². The minimum atomic E-state index is -2.42. The van der Waals surface area contributed by atoms with Gasteiger partial charge in [0, 0.05) is 32.3 Å². The summed E-state index contributed by atoms with van der Waals surface area (Å²) in [5.41, 5.74) is 0. The maximum Gasteiger partial charge on any atom is 0.501 e. The molecule has 0 aliphatic rings. The van der Waals surface area contributed by atoms with E-state index in [4.69, 9.17) is 13.3 Å². The summed E-state index contributed by atoms with van der Waals surface area (Å²) in [5, 5.41) is 0. The van der Waals surface area contributed by atoms with E-state index in [1.807, 2.05) is 20.8 Å². The Morgan fingerprint density at radius 3 is 1.58 bits per heavy atom. The zero-order chi connectivity index (χ0) is 14.1. The molecular formula is C13H32ClNO3Si. The summed E-state index contributed by atoms with van der Waals surface area (Å²) in [6.45, 7) is 12.5. The Bertz CT molecular complexity index is 201. The third kappa shape index (κ3) is 8.99. The second-order valence-corrected chi connectivity index (χ2v) is 7.79. The summed E-state index contributed by atoms with van der Waals surface area (Å²) >= 11 is 0. The third-order valence-corrected chi connectivity index (χ3v) is 6.35. The number of nitrogens with zero attached hydrogens (tertiary/aromatic N) is 1. The smallest absolute Gasteiger partial charge is 0.501 e. The average Bonchev–Trinajstić information content (AvgIpc) is 2.30. The van der Waals surface area contributed by atoms with Gasteiger partial charge in [-0.1, -0.05) is 0 Å². The normalized spacial score (nSPS) is 12.3. The van der Waals surface area contributed by atoms with Crippen molar-refractivity contribution in [3.8, 4) is 0 Å². The fraction of sp³-hybridized carbons (Fsp3) is 1.00. The van der Waals surface area contributed by atoms with Crippen molar-refractivity contribution in [2.45, 2.75) is 40.2 Å². The Labute approximate surface area is 126 Å². The molecule has 0 bridgehead atoms. The van der Waals surface area contributed by atoms with E-state index in [0.717, 1.165) is 30.0 Å². The van der Waals surface area contributed by atoms with Crippen LogP contribution in [0, 0.1) is 0 Å². The molecule has 0 rings (SSSR count). The molecule has 0 heterocycles. The van der Waals surface area contributed by atoms with Gasteiger partial charge in [-0.3, -0.25) is 0 Å². The van der Waals surface area contributed by atoms with Gasteiger partial charge >= 0.3 is 8.80 Å². The number of hydrogen-bond acceptors (Lipinski definition) is 3. The van der Waals surface area contributed by atoms with Gasteiger partial charge in [0.15, 0.2) is 0 Å². The van der Waals surface area contributed by atoms with Crippen molar-refractivity contribution in [2.24, 2.45) is 0 Å². The highest BCUT2D eigenvalue weighted by molar-refractivity contribution is 6.60. The van der Waals surface area contributed by atoms with Crippen LogP contribution in [0.2, 0.25) is 6.04 Å². The lowest BCUT2D eigenvalue weighted by Crippen LogP contribution is -3.00. The monoisotopic (exact) mass is 313 g/mol. The van der Waals surface area contributed by atoms with Gasteiger partial charge < -0.3 is 30.2 Å². The number of halogens is 1. The second kappa shape index (κ2) is 11.1. The van der Waals surface area contributed by atoms with E-state index < -0.39 is 8.80 Å². The average molecular weight is 314 g/mol. The molecule has 0 saturated heterocycles. The number of quaternary nitrogens is 1. The van der Waals surface area contributed by atoms with Crippen molar-refractivity contribution < 1.29 is 30.2 Å². The van der Waals surface area contributed by atoms with Crippen molar-refractivity contribution in [3.63, 3.8) is 0 Å². The van der Waals surface area contributed by atoms with Crippen molar-refractivity contribution in [1.29, 1.82) is 0 Å². The van der Waals surface area contributed by atoms with Crippen LogP contribution in [-0.4, -0.2) is 60.3 Å². The minimum Gasteiger partial charge on any atom is -1.00 e. The molecule has 0 aromatic carbocycles. The maximum atomic E-state index is 5.85. The molecule has 0 aromatic heterocycles. The van der Waals surface area contributed by atoms with Gasteiger partial charge in [0.05, 0.1) is 27.2 Å². The molecule has 0 amide bonds. The van der Waals surface area contributed by atoms with Crippen LogP contribution in [0.4, 0.5) is 0 Å². The molecule has 0 N–H and O–H groups in total. The molecule has 0 unspecified atom stereocenters. The van der Waals surface area contributed by atoms with E-state index in [0.29, 0.717) is 19.8 Å². The second-order valence-electron chi connectivity index (χ2n) is 5.06. The molecule has 4 nitrogen and oxygen atoms in total. The summed E-state index contributed by atoms with van der Waals surface area (Å²) in [6, 6.07) is 0.921. The Morgan fingerprint density at radius 2 is 1.26 bits per heavy atom. The minimum absolute atomic E-state index is 0. The molecule has 0 fully saturated rings. The first kappa shape index (κ1) is 21.6. The summed E-state index contributed by atoms with van der Waals surface area (Å²) < 4.78 is 18.6. The molecule has 6 heteroatoms. The molecule has 0 atom stereocenters. The predicted molar refractivity (Wildman–Crippen MR) is 77.6 cm³/mol. The lowest BCUT2D eigenvalue weighted by molar-refractivity contribution is -0.888. The summed E-state index contributed by atoms with van der Waals surface area (Å²) in [6.07, 6.45) is 1.09. The first-order valence-corrected chi connectivity index (χ1v) is 9.12. The Kier molecular flexibility index (Phi) is 12.6. The van der Waals surface area contributed by atoms with Crippen molar-refractivity contribution in [1.82, 2.24) is 0 Å². The van der Waals surface area contributed by atoms with Crippen LogP contribution < -0.4 is 12.4 Å². The lowest BCUT2D eigenvalue weighted by Gasteiger charge is -2.31. The molecule has 0 radical (unpaired) electrons. The number of rotatable bonds is 11. The summed E-state index contributed by atoms with van der Waals surface area (Å²) in [5.74, 6) is 0. The fourth-order valence-electron chi connectivity index (χ4n) is 1.88. The largest absolute Gasteiger partial charge is 1.00 e. The Hall–Kier alpha value is 0.347. The third-order valence-electron chi connectivity index (χ3n) is 3.20. The highest BCUT2D eigenvalue weighted by Crippen LogP contribution is 2.19. The Morgan fingerprint density at radius 1 is 0.842 bits per heavy atom. The number of hydrogen-bond donors (Lipinski definition) is 0. The van der Waals surface area contributed by atoms with Crippen LogP contribution in [0.5, 0.6) is 0 Å². The van der Waals surface area contributed by atoms with Crippen LogP contribution in [0.15, 0.2) is 0 Å². The van der Waals surface area contributed by atoms with Gasteiger partial charge in [0.1, 0.15) is 0 Å². The first-order chi connectivity index (χ1) is 8.45. The molecule has 0 spiro atoms. The van der Waals surface area contributed by atoms with Gasteiger partial charge in [-0.25, -0.2) is 0 Å². The van der Waals surface area contributed by atoms with Crippen LogP contribution in [0.25, 0.3) is 0 Å². The summed E-state index contributed by atoms with van der Waals surface area (Å²) in [4.78, 5) is 0. The van der Waals surface area contributed by atoms with Crippen LogP contribution in [0.3, 0.4) is 0 Å². The van der Waals surface area contributed by atoms with Crippen LogP contribution in [0.1, 0.15) is 34.1 Å². The quantitative estimate of drug-likeness (QED) is 0.381. The van der Waals surface area contributed by atoms with Crippen LogP contribution in [-0.2, 0) is 13.3 Å². The molecule has 19 heavy (non-hydrogen) atoms. The zero-order valence-electron chi connectivity index (χ0n) is 13.5. The van der Waals surface area contributed by atoms with E-state index in [1.54, 1.807) is 0 Å². The van der Waals surface area contributed by atoms with Gasteiger partial charge in [0.2, 0.25) is 0 Å². The van der Waals surface area contributed by atoms with Crippen LogP contribution >= 0.6 is 0 Å². The van der Waals surface area contributed by atoms with E-state index in [9.17, 15) is 0 Å². The topological polar surface area (TPSA) is 27.7 Å². The van der Waals surface area contributed by atoms with E-state index in [-0.39, 0.29) is 12.4 Å². The summed E-state index contributed by atoms with van der Waals surface area (Å²) in [7, 11) is 2.09. The van der Waals surface area contributed by atoms with E-state index >= 15 is 0 Å². The molecule has 0 aliphatic heterocycles. The zero-order valence-corrected chi connectivity index (χ0v) is 15.3. The molecular weight excluding hydrogens is 282 g/mol. The highest BCUT2D eigenvalue weighted by atomic mass is 35.5. The van der Waals surface area contributed by atoms with Crippen molar-refractivity contribution in [3.05, 3.63) is 0 Å². The standard InChI is InChI=1S/C13H32NO3Si.ClH/c1-7-14(5,6)12-11-13-18(15-8-2,16-9-3)17-10-4;/h7-13H2,1-6H3;1H/q+1;/p-1. The predicted octanol–water partition coefficient (Wildman–Crippen LogP) is -0.475. The lowest BCUT2D eigenvalue weighted by atomic mass is 10.4. The molecule has 0 aromatic rings. The van der Waals surface area contributed by atoms with Crippen molar-refractivity contribution in [2.75, 3.05) is 47.0 Å². The highest BCUT2D eigenvalue weighted by Gasteiger charge is 2.40. The van der Waals surface area contributed by atoms with Gasteiger partial charge in [0.25, 0.3) is 0 Å².